The molecule has 1 aromatic carbocycles. The summed E-state index contributed by atoms with van der Waals surface area (Å²) in [7, 11) is 1.58. The van der Waals surface area contributed by atoms with Crippen molar-refractivity contribution in [2.75, 3.05) is 12.4 Å². The topological polar surface area (TPSA) is 64.3 Å². The van der Waals surface area contributed by atoms with Crippen molar-refractivity contribution in [2.45, 2.75) is 26.3 Å². The molecule has 1 atom stereocenters. The summed E-state index contributed by atoms with van der Waals surface area (Å²) in [5.74, 6) is 0.558. The maximum absolute atomic E-state index is 11.6. The quantitative estimate of drug-likeness (QED) is 0.869. The standard InChI is InChI=1S/C12H18N2O2.ClH/c1-8-4-5-11(16-3)10(6-8)14-12(15)7-9(2)13;/h4-6,9H,7,13H2,1-3H3,(H,14,15);1H. The van der Waals surface area contributed by atoms with E-state index in [-0.39, 0.29) is 24.4 Å². The Kier molecular flexibility index (Phi) is 6.61. The molecule has 0 aromatic heterocycles. The average Bonchev–Trinajstić information content (AvgIpc) is 2.16. The molecule has 1 unspecified atom stereocenters. The second-order valence-corrected chi connectivity index (χ2v) is 3.93. The van der Waals surface area contributed by atoms with Gasteiger partial charge < -0.3 is 15.8 Å². The number of anilines is 1. The number of rotatable bonds is 4. The minimum absolute atomic E-state index is 0. The van der Waals surface area contributed by atoms with Crippen LogP contribution < -0.4 is 15.8 Å². The van der Waals surface area contributed by atoms with E-state index in [4.69, 9.17) is 10.5 Å². The molecule has 0 saturated heterocycles. The van der Waals surface area contributed by atoms with E-state index in [1.54, 1.807) is 14.0 Å². The molecule has 0 heterocycles. The first-order valence-electron chi connectivity index (χ1n) is 5.23. The van der Waals surface area contributed by atoms with Gasteiger partial charge in [0.1, 0.15) is 5.75 Å². The second-order valence-electron chi connectivity index (χ2n) is 3.93. The van der Waals surface area contributed by atoms with Crippen LogP contribution in [0.2, 0.25) is 0 Å². The van der Waals surface area contributed by atoms with Crippen LogP contribution in [0.4, 0.5) is 5.69 Å². The monoisotopic (exact) mass is 258 g/mol. The highest BCUT2D eigenvalue weighted by Crippen LogP contribution is 2.25. The van der Waals surface area contributed by atoms with E-state index in [1.165, 1.54) is 0 Å². The maximum atomic E-state index is 11.6. The number of hydrogen-bond donors (Lipinski definition) is 2. The molecular formula is C12H19ClN2O2. The molecular weight excluding hydrogens is 240 g/mol. The molecule has 1 amide bonds. The van der Waals surface area contributed by atoms with Crippen LogP contribution in [0.1, 0.15) is 18.9 Å². The summed E-state index contributed by atoms with van der Waals surface area (Å²) in [4.78, 5) is 11.6. The number of hydrogen-bond acceptors (Lipinski definition) is 3. The van der Waals surface area contributed by atoms with Gasteiger partial charge in [0.05, 0.1) is 12.8 Å². The summed E-state index contributed by atoms with van der Waals surface area (Å²) in [6.07, 6.45) is 0.303. The van der Waals surface area contributed by atoms with Crippen molar-refractivity contribution in [1.29, 1.82) is 0 Å². The fraction of sp³-hybridized carbons (Fsp3) is 0.417. The third kappa shape index (κ3) is 5.06. The predicted molar refractivity (Wildman–Crippen MR) is 71.9 cm³/mol. The highest BCUT2D eigenvalue weighted by molar-refractivity contribution is 5.92. The lowest BCUT2D eigenvalue weighted by molar-refractivity contribution is -0.116. The molecule has 0 aliphatic rings. The minimum atomic E-state index is -0.143. The van der Waals surface area contributed by atoms with Gasteiger partial charge in [-0.3, -0.25) is 4.79 Å². The summed E-state index contributed by atoms with van der Waals surface area (Å²) in [5.41, 5.74) is 7.31. The Bertz CT molecular complexity index is 381. The van der Waals surface area contributed by atoms with E-state index < -0.39 is 0 Å². The van der Waals surface area contributed by atoms with Gasteiger partial charge in [-0.1, -0.05) is 6.07 Å². The number of amides is 1. The Balaban J connectivity index is 0.00000256. The van der Waals surface area contributed by atoms with E-state index in [2.05, 4.69) is 5.32 Å². The summed E-state index contributed by atoms with van der Waals surface area (Å²) < 4.78 is 5.16. The van der Waals surface area contributed by atoms with Gasteiger partial charge in [0.2, 0.25) is 5.91 Å². The molecule has 0 bridgehead atoms. The van der Waals surface area contributed by atoms with Gasteiger partial charge in [0, 0.05) is 12.5 Å². The van der Waals surface area contributed by atoms with Crippen molar-refractivity contribution in [1.82, 2.24) is 0 Å². The molecule has 5 heteroatoms. The van der Waals surface area contributed by atoms with Gasteiger partial charge >= 0.3 is 0 Å². The first kappa shape index (κ1) is 15.7. The number of benzene rings is 1. The molecule has 0 aliphatic heterocycles. The van der Waals surface area contributed by atoms with Crippen LogP contribution >= 0.6 is 12.4 Å². The van der Waals surface area contributed by atoms with Gasteiger partial charge in [0.15, 0.2) is 0 Å². The minimum Gasteiger partial charge on any atom is -0.495 e. The zero-order valence-electron chi connectivity index (χ0n) is 10.3. The van der Waals surface area contributed by atoms with Crippen LogP contribution in [-0.2, 0) is 4.79 Å². The Morgan fingerprint density at radius 2 is 2.18 bits per heavy atom. The highest BCUT2D eigenvalue weighted by Gasteiger charge is 2.09. The first-order valence-corrected chi connectivity index (χ1v) is 5.23. The molecule has 1 rings (SSSR count). The van der Waals surface area contributed by atoms with Gasteiger partial charge in [-0.05, 0) is 31.5 Å². The van der Waals surface area contributed by atoms with E-state index in [1.807, 2.05) is 25.1 Å². The second kappa shape index (κ2) is 7.14. The first-order chi connectivity index (χ1) is 7.52. The number of halogens is 1. The third-order valence-electron chi connectivity index (χ3n) is 2.14. The van der Waals surface area contributed by atoms with E-state index in [0.29, 0.717) is 17.9 Å². The van der Waals surface area contributed by atoms with E-state index in [0.717, 1.165) is 5.56 Å². The van der Waals surface area contributed by atoms with Crippen molar-refractivity contribution in [3.8, 4) is 5.75 Å². The van der Waals surface area contributed by atoms with Crippen LogP contribution in [0.3, 0.4) is 0 Å². The zero-order valence-corrected chi connectivity index (χ0v) is 11.1. The lowest BCUT2D eigenvalue weighted by Gasteiger charge is -2.11. The Hall–Kier alpha value is -1.26. The fourth-order valence-electron chi connectivity index (χ4n) is 1.41. The SMILES string of the molecule is COc1ccc(C)cc1NC(=O)CC(C)N.Cl. The van der Waals surface area contributed by atoms with Crippen LogP contribution in [0.5, 0.6) is 5.75 Å². The number of nitrogens with two attached hydrogens (primary N) is 1. The normalized spacial score (nSPS) is 11.3. The molecule has 1 aromatic rings. The molecule has 0 aliphatic carbocycles. The van der Waals surface area contributed by atoms with E-state index >= 15 is 0 Å². The fourth-order valence-corrected chi connectivity index (χ4v) is 1.41. The molecule has 4 nitrogen and oxygen atoms in total. The summed E-state index contributed by atoms with van der Waals surface area (Å²) in [5, 5.41) is 2.79. The number of aryl methyl sites for hydroxylation is 1. The lowest BCUT2D eigenvalue weighted by Crippen LogP contribution is -2.24. The number of carbonyl (C=O) groups is 1. The molecule has 17 heavy (non-hydrogen) atoms. The van der Waals surface area contributed by atoms with E-state index in [9.17, 15) is 4.79 Å². The van der Waals surface area contributed by atoms with Gasteiger partial charge in [-0.15, -0.1) is 12.4 Å². The number of methoxy groups -OCH3 is 1. The van der Waals surface area contributed by atoms with Crippen molar-refractivity contribution in [2.24, 2.45) is 5.73 Å². The molecule has 96 valence electrons. The smallest absolute Gasteiger partial charge is 0.226 e. The molecule has 0 spiro atoms. The Labute approximate surface area is 108 Å². The van der Waals surface area contributed by atoms with Crippen LogP contribution in [0.15, 0.2) is 18.2 Å². The van der Waals surface area contributed by atoms with Crippen molar-refractivity contribution in [3.63, 3.8) is 0 Å². The zero-order chi connectivity index (χ0) is 12.1. The highest BCUT2D eigenvalue weighted by atomic mass is 35.5. The molecule has 3 N–H and O–H groups in total. The Morgan fingerprint density at radius 3 is 2.71 bits per heavy atom. The summed E-state index contributed by atoms with van der Waals surface area (Å²) >= 11 is 0. The number of nitrogens with one attached hydrogen (secondary N) is 1. The van der Waals surface area contributed by atoms with Crippen molar-refractivity contribution in [3.05, 3.63) is 23.8 Å². The Morgan fingerprint density at radius 1 is 1.53 bits per heavy atom. The molecule has 0 fully saturated rings. The lowest BCUT2D eigenvalue weighted by atomic mass is 10.2. The summed E-state index contributed by atoms with van der Waals surface area (Å²) in [6, 6.07) is 5.49. The van der Waals surface area contributed by atoms with Gasteiger partial charge in [-0.25, -0.2) is 0 Å². The predicted octanol–water partition coefficient (Wildman–Crippen LogP) is 2.10. The maximum Gasteiger partial charge on any atom is 0.226 e. The van der Waals surface area contributed by atoms with Crippen LogP contribution in [0, 0.1) is 6.92 Å². The third-order valence-corrected chi connectivity index (χ3v) is 2.14. The summed E-state index contributed by atoms with van der Waals surface area (Å²) in [6.45, 7) is 3.76. The average molecular weight is 259 g/mol. The van der Waals surface area contributed by atoms with Crippen molar-refractivity contribution >= 4 is 24.0 Å². The van der Waals surface area contributed by atoms with Gasteiger partial charge in [0.25, 0.3) is 0 Å². The number of ether oxygens (including phenoxy) is 1. The molecule has 0 radical (unpaired) electrons. The molecule has 0 saturated carbocycles. The van der Waals surface area contributed by atoms with Crippen molar-refractivity contribution < 1.29 is 9.53 Å². The number of carbonyl (C=O) groups excluding carboxylic acids is 1. The van der Waals surface area contributed by atoms with Gasteiger partial charge in [-0.2, -0.15) is 0 Å². The van der Waals surface area contributed by atoms with Crippen LogP contribution in [-0.4, -0.2) is 19.1 Å². The largest absolute Gasteiger partial charge is 0.495 e. The van der Waals surface area contributed by atoms with Crippen LogP contribution in [0.25, 0.3) is 0 Å².